The number of aromatic nitrogens is 1. The molecular formula is C18H19N3O2. The molecule has 1 fully saturated rings. The third-order valence-corrected chi connectivity index (χ3v) is 3.97. The van der Waals surface area contributed by atoms with Crippen LogP contribution in [0.1, 0.15) is 18.5 Å². The highest BCUT2D eigenvalue weighted by Crippen LogP contribution is 2.30. The second-order valence-electron chi connectivity index (χ2n) is 5.46. The summed E-state index contributed by atoms with van der Waals surface area (Å²) < 4.78 is 11.5. The maximum absolute atomic E-state index is 9.23. The first kappa shape index (κ1) is 15.2. The van der Waals surface area contributed by atoms with Gasteiger partial charge in [0.2, 0.25) is 0 Å². The van der Waals surface area contributed by atoms with E-state index in [2.05, 4.69) is 16.0 Å². The predicted octanol–water partition coefficient (Wildman–Crippen LogP) is 3.01. The van der Waals surface area contributed by atoms with Crippen molar-refractivity contribution in [3.8, 4) is 17.6 Å². The van der Waals surface area contributed by atoms with Crippen molar-refractivity contribution in [3.63, 3.8) is 0 Å². The molecule has 2 heterocycles. The Morgan fingerprint density at radius 3 is 2.83 bits per heavy atom. The Bertz CT molecular complexity index is 711. The van der Waals surface area contributed by atoms with Crippen LogP contribution in [0.15, 0.2) is 42.6 Å². The third kappa shape index (κ3) is 3.37. The molecule has 1 saturated heterocycles. The fourth-order valence-electron chi connectivity index (χ4n) is 2.89. The fraction of sp³-hybridized carbons (Fsp3) is 0.333. The van der Waals surface area contributed by atoms with Crippen molar-refractivity contribution in [2.24, 2.45) is 0 Å². The van der Waals surface area contributed by atoms with Crippen molar-refractivity contribution in [2.45, 2.75) is 18.9 Å². The predicted molar refractivity (Wildman–Crippen MR) is 87.8 cm³/mol. The molecule has 1 aromatic heterocycles. The second kappa shape index (κ2) is 7.01. The van der Waals surface area contributed by atoms with Crippen molar-refractivity contribution in [1.82, 2.24) is 4.98 Å². The van der Waals surface area contributed by atoms with Gasteiger partial charge in [0.15, 0.2) is 17.2 Å². The Hall–Kier alpha value is -2.74. The van der Waals surface area contributed by atoms with E-state index < -0.39 is 0 Å². The van der Waals surface area contributed by atoms with E-state index in [0.717, 1.165) is 43.1 Å². The van der Waals surface area contributed by atoms with Gasteiger partial charge in [-0.15, -0.1) is 0 Å². The lowest BCUT2D eigenvalue weighted by Crippen LogP contribution is -2.41. The van der Waals surface area contributed by atoms with Gasteiger partial charge < -0.3 is 14.4 Å². The summed E-state index contributed by atoms with van der Waals surface area (Å²) in [5.41, 5.74) is 1.34. The van der Waals surface area contributed by atoms with Gasteiger partial charge in [0.05, 0.1) is 19.3 Å². The first-order valence-electron chi connectivity index (χ1n) is 7.71. The molecule has 0 amide bonds. The lowest BCUT2D eigenvalue weighted by atomic mass is 10.1. The molecule has 0 bridgehead atoms. The van der Waals surface area contributed by atoms with Crippen molar-refractivity contribution >= 4 is 5.69 Å². The molecule has 0 N–H and O–H groups in total. The summed E-state index contributed by atoms with van der Waals surface area (Å²) in [6, 6.07) is 13.6. The summed E-state index contributed by atoms with van der Waals surface area (Å²) in [6.45, 7) is 1.64. The highest BCUT2D eigenvalue weighted by atomic mass is 16.5. The van der Waals surface area contributed by atoms with Gasteiger partial charge >= 0.3 is 0 Å². The van der Waals surface area contributed by atoms with E-state index in [1.165, 1.54) is 0 Å². The number of methoxy groups -OCH3 is 1. The average Bonchev–Trinajstić information content (AvgIpc) is 2.62. The van der Waals surface area contributed by atoms with Crippen LogP contribution >= 0.6 is 0 Å². The van der Waals surface area contributed by atoms with Crippen LogP contribution in [0, 0.1) is 11.3 Å². The topological polar surface area (TPSA) is 58.4 Å². The molecule has 3 rings (SSSR count). The minimum absolute atomic E-state index is 0.0619. The zero-order chi connectivity index (χ0) is 16.1. The molecule has 0 radical (unpaired) electrons. The SMILES string of the molecule is COc1ccccc1O[C@@H]1CCCN(c2cccnc2C#N)C1. The number of pyridine rings is 1. The van der Waals surface area contributed by atoms with Crippen molar-refractivity contribution in [3.05, 3.63) is 48.3 Å². The normalized spacial score (nSPS) is 17.4. The minimum atomic E-state index is 0.0619. The number of anilines is 1. The maximum Gasteiger partial charge on any atom is 0.163 e. The van der Waals surface area contributed by atoms with Crippen LogP contribution in [0.25, 0.3) is 0 Å². The summed E-state index contributed by atoms with van der Waals surface area (Å²) in [6.07, 6.45) is 3.71. The van der Waals surface area contributed by atoms with Crippen LogP contribution in [0.4, 0.5) is 5.69 Å². The molecule has 5 heteroatoms. The minimum Gasteiger partial charge on any atom is -0.493 e. The van der Waals surface area contributed by atoms with Gasteiger partial charge in [-0.1, -0.05) is 12.1 Å². The summed E-state index contributed by atoms with van der Waals surface area (Å²) in [5, 5.41) is 9.23. The molecular weight excluding hydrogens is 290 g/mol. The van der Waals surface area contributed by atoms with Crippen LogP contribution in [-0.4, -0.2) is 31.3 Å². The average molecular weight is 309 g/mol. The Morgan fingerprint density at radius 1 is 1.22 bits per heavy atom. The van der Waals surface area contributed by atoms with E-state index in [4.69, 9.17) is 9.47 Å². The molecule has 118 valence electrons. The molecule has 1 aliphatic rings. The fourth-order valence-corrected chi connectivity index (χ4v) is 2.89. The number of para-hydroxylation sites is 2. The zero-order valence-electron chi connectivity index (χ0n) is 13.1. The standard InChI is InChI=1S/C18H19N3O2/c1-22-17-8-2-3-9-18(17)23-14-6-5-11-21(13-14)16-7-4-10-20-15(16)12-19/h2-4,7-10,14H,5-6,11,13H2,1H3/t14-/m1/s1. The van der Waals surface area contributed by atoms with E-state index in [9.17, 15) is 5.26 Å². The van der Waals surface area contributed by atoms with Gasteiger partial charge in [0.25, 0.3) is 0 Å². The van der Waals surface area contributed by atoms with E-state index in [-0.39, 0.29) is 6.10 Å². The molecule has 0 spiro atoms. The van der Waals surface area contributed by atoms with E-state index >= 15 is 0 Å². The van der Waals surface area contributed by atoms with Gasteiger partial charge in [-0.3, -0.25) is 0 Å². The highest BCUT2D eigenvalue weighted by Gasteiger charge is 2.24. The molecule has 1 aromatic carbocycles. The molecule has 2 aromatic rings. The zero-order valence-corrected chi connectivity index (χ0v) is 13.1. The van der Waals surface area contributed by atoms with Crippen LogP contribution in [0.2, 0.25) is 0 Å². The third-order valence-electron chi connectivity index (χ3n) is 3.97. The molecule has 5 nitrogen and oxygen atoms in total. The van der Waals surface area contributed by atoms with Crippen molar-refractivity contribution < 1.29 is 9.47 Å². The van der Waals surface area contributed by atoms with Crippen LogP contribution in [-0.2, 0) is 0 Å². The first-order valence-corrected chi connectivity index (χ1v) is 7.71. The van der Waals surface area contributed by atoms with Gasteiger partial charge in [0.1, 0.15) is 12.2 Å². The van der Waals surface area contributed by atoms with Crippen molar-refractivity contribution in [2.75, 3.05) is 25.1 Å². The second-order valence-corrected chi connectivity index (χ2v) is 5.46. The van der Waals surface area contributed by atoms with Crippen molar-refractivity contribution in [1.29, 1.82) is 5.26 Å². The molecule has 1 atom stereocenters. The number of rotatable bonds is 4. The van der Waals surface area contributed by atoms with Gasteiger partial charge in [-0.25, -0.2) is 4.98 Å². The number of nitrogens with zero attached hydrogens (tertiary/aromatic N) is 3. The molecule has 0 unspecified atom stereocenters. The maximum atomic E-state index is 9.23. The number of hydrogen-bond donors (Lipinski definition) is 0. The molecule has 1 aliphatic heterocycles. The lowest BCUT2D eigenvalue weighted by Gasteiger charge is -2.34. The van der Waals surface area contributed by atoms with E-state index in [0.29, 0.717) is 5.69 Å². The monoisotopic (exact) mass is 309 g/mol. The molecule has 23 heavy (non-hydrogen) atoms. The highest BCUT2D eigenvalue weighted by molar-refractivity contribution is 5.56. The number of hydrogen-bond acceptors (Lipinski definition) is 5. The lowest BCUT2D eigenvalue weighted by molar-refractivity contribution is 0.172. The van der Waals surface area contributed by atoms with E-state index in [1.807, 2.05) is 36.4 Å². The smallest absolute Gasteiger partial charge is 0.163 e. The number of nitriles is 1. The summed E-state index contributed by atoms with van der Waals surface area (Å²) in [5.74, 6) is 1.50. The van der Waals surface area contributed by atoms with Gasteiger partial charge in [0, 0.05) is 12.7 Å². The van der Waals surface area contributed by atoms with Crippen LogP contribution < -0.4 is 14.4 Å². The Morgan fingerprint density at radius 2 is 2.04 bits per heavy atom. The van der Waals surface area contributed by atoms with Crippen LogP contribution in [0.5, 0.6) is 11.5 Å². The summed E-state index contributed by atoms with van der Waals surface area (Å²) in [4.78, 5) is 6.32. The first-order chi connectivity index (χ1) is 11.3. The Kier molecular flexibility index (Phi) is 4.62. The number of ether oxygens (including phenoxy) is 2. The largest absolute Gasteiger partial charge is 0.493 e. The summed E-state index contributed by atoms with van der Waals surface area (Å²) in [7, 11) is 1.64. The quantitative estimate of drug-likeness (QED) is 0.869. The van der Waals surface area contributed by atoms with Crippen LogP contribution in [0.3, 0.4) is 0 Å². The Labute approximate surface area is 136 Å². The molecule has 0 saturated carbocycles. The van der Waals surface area contributed by atoms with Gasteiger partial charge in [-0.2, -0.15) is 5.26 Å². The number of benzene rings is 1. The molecule has 0 aliphatic carbocycles. The summed E-state index contributed by atoms with van der Waals surface area (Å²) >= 11 is 0. The van der Waals surface area contributed by atoms with E-state index in [1.54, 1.807) is 13.3 Å². The van der Waals surface area contributed by atoms with Gasteiger partial charge in [-0.05, 0) is 37.1 Å². The Balaban J connectivity index is 1.75. The number of piperidine rings is 1.